The summed E-state index contributed by atoms with van der Waals surface area (Å²) in [7, 11) is -3.73. The molecule has 0 aliphatic carbocycles. The Morgan fingerprint density at radius 2 is 2.10 bits per heavy atom. The predicted molar refractivity (Wildman–Crippen MR) is 67.4 cm³/mol. The van der Waals surface area contributed by atoms with Crippen LogP contribution >= 0.6 is 11.6 Å². The number of rotatable bonds is 6. The minimum Gasteiger partial charge on any atom is -0.746 e. The number of carbonyl (C=O) groups excluding carboxylic acids is 1. The van der Waals surface area contributed by atoms with Gasteiger partial charge in [-0.05, 0) is 17.7 Å². The van der Waals surface area contributed by atoms with Crippen molar-refractivity contribution in [1.29, 1.82) is 0 Å². The molecule has 0 fully saturated rings. The average molecular weight is 348 g/mol. The molecule has 8 nitrogen and oxygen atoms in total. The third kappa shape index (κ3) is 5.62. The van der Waals surface area contributed by atoms with Gasteiger partial charge in [-0.2, -0.15) is 0 Å². The van der Waals surface area contributed by atoms with Crippen LogP contribution in [0.25, 0.3) is 0 Å². The average Bonchev–Trinajstić information content (AvgIpc) is 2.34. The predicted octanol–water partition coefficient (Wildman–Crippen LogP) is -3.25. The van der Waals surface area contributed by atoms with Gasteiger partial charge in [-0.15, -0.1) is 0 Å². The molecule has 0 aliphatic heterocycles. The number of halogens is 1. The van der Waals surface area contributed by atoms with Crippen molar-refractivity contribution in [2.45, 2.75) is 5.44 Å². The molecule has 0 spiro atoms. The maximum Gasteiger partial charge on any atom is 1.00 e. The fraction of sp³-hybridized carbons (Fsp3) is 0.300. The van der Waals surface area contributed by atoms with Crippen LogP contribution in [0.1, 0.15) is 11.0 Å². The molecule has 21 heavy (non-hydrogen) atoms. The number of aliphatic hydroxyl groups is 1. The van der Waals surface area contributed by atoms with Gasteiger partial charge in [0.05, 0.1) is 12.1 Å². The summed E-state index contributed by atoms with van der Waals surface area (Å²) in [5.74, 6) is -0.877. The first kappa shape index (κ1) is 20.5. The van der Waals surface area contributed by atoms with Crippen LogP contribution in [0.15, 0.2) is 12.1 Å². The summed E-state index contributed by atoms with van der Waals surface area (Å²) in [6.07, 6.45) is 0. The van der Waals surface area contributed by atoms with E-state index in [1.54, 1.807) is 0 Å². The second kappa shape index (κ2) is 8.18. The maximum atomic E-state index is 10.8. The van der Waals surface area contributed by atoms with Crippen LogP contribution in [0.3, 0.4) is 0 Å². The van der Waals surface area contributed by atoms with E-state index in [0.29, 0.717) is 0 Å². The van der Waals surface area contributed by atoms with Crippen molar-refractivity contribution < 1.29 is 61.9 Å². The van der Waals surface area contributed by atoms with Crippen molar-refractivity contribution in [3.8, 4) is 11.5 Å². The van der Waals surface area contributed by atoms with Crippen molar-refractivity contribution in [2.75, 3.05) is 13.7 Å². The Bertz CT molecular complexity index is 622. The molecule has 1 atom stereocenters. The van der Waals surface area contributed by atoms with Gasteiger partial charge in [-0.25, -0.2) is 8.42 Å². The Labute approximate surface area is 148 Å². The number of nitrogens with two attached hydrogens (primary N) is 1. The molecule has 1 aromatic carbocycles. The molecule has 112 valence electrons. The van der Waals surface area contributed by atoms with Gasteiger partial charge in [0, 0.05) is 0 Å². The van der Waals surface area contributed by atoms with E-state index in [9.17, 15) is 22.9 Å². The van der Waals surface area contributed by atoms with E-state index in [1.807, 2.05) is 0 Å². The summed E-state index contributed by atoms with van der Waals surface area (Å²) >= 11 is 5.83. The Morgan fingerprint density at radius 1 is 1.52 bits per heavy atom. The van der Waals surface area contributed by atoms with Gasteiger partial charge >= 0.3 is 29.6 Å². The van der Waals surface area contributed by atoms with Crippen molar-refractivity contribution >= 4 is 27.6 Å². The molecule has 1 rings (SSSR count). The molecular weight excluding hydrogens is 337 g/mol. The first-order valence-corrected chi connectivity index (χ1v) is 6.93. The number of carbonyl (C=O) groups is 1. The summed E-state index contributed by atoms with van der Waals surface area (Å²) < 4.78 is 42.2. The Hall–Kier alpha value is -0.550. The number of amides is 1. The molecular formula is C10H11ClNNaO7S. The Morgan fingerprint density at radius 3 is 2.52 bits per heavy atom. The summed E-state index contributed by atoms with van der Waals surface area (Å²) in [5, 5.41) is 9.23. The normalized spacial score (nSPS) is 12.2. The zero-order chi connectivity index (χ0) is 15.5. The molecule has 0 aliphatic rings. The Kier molecular flexibility index (Phi) is 7.97. The van der Waals surface area contributed by atoms with Crippen molar-refractivity contribution in [1.82, 2.24) is 0 Å². The standard InChI is InChI=1S/C10H12ClNO7S.Na/c1-18-7-3-5(10(14)20(15,16)17)2-6(11)9(7)19-4-8(12)13;/h2-3,10,14H,4H2,1H3,(H2,12,13)(H,15,16,17);/q;+1/p-1. The molecule has 1 aromatic rings. The van der Waals surface area contributed by atoms with Crippen LogP contribution in [-0.4, -0.2) is 37.7 Å². The minimum atomic E-state index is -4.96. The topological polar surface area (TPSA) is 139 Å². The summed E-state index contributed by atoms with van der Waals surface area (Å²) in [6.45, 7) is -0.474. The monoisotopic (exact) mass is 347 g/mol. The first-order valence-electron chi connectivity index (χ1n) is 5.08. The SMILES string of the molecule is COc1cc(C(O)S(=O)(=O)[O-])cc(Cl)c1OCC(N)=O.[Na+]. The van der Waals surface area contributed by atoms with E-state index in [-0.39, 0.29) is 51.6 Å². The van der Waals surface area contributed by atoms with Crippen LogP contribution in [0, 0.1) is 0 Å². The largest absolute Gasteiger partial charge is 1.00 e. The first-order chi connectivity index (χ1) is 9.16. The minimum absolute atomic E-state index is 0. The number of methoxy groups -OCH3 is 1. The molecule has 1 amide bonds. The fourth-order valence-corrected chi connectivity index (χ4v) is 2.08. The Balaban J connectivity index is 0.00000400. The van der Waals surface area contributed by atoms with Gasteiger partial charge < -0.3 is 24.9 Å². The summed E-state index contributed by atoms with van der Waals surface area (Å²) in [4.78, 5) is 10.6. The molecule has 0 bridgehead atoms. The molecule has 0 radical (unpaired) electrons. The van der Waals surface area contributed by atoms with E-state index in [2.05, 4.69) is 0 Å². The number of hydrogen-bond donors (Lipinski definition) is 2. The summed E-state index contributed by atoms with van der Waals surface area (Å²) in [5.41, 5.74) is 2.33. The van der Waals surface area contributed by atoms with Gasteiger partial charge in [0.15, 0.2) is 23.5 Å². The van der Waals surface area contributed by atoms with Gasteiger partial charge in [-0.1, -0.05) is 11.6 Å². The van der Waals surface area contributed by atoms with Crippen LogP contribution in [0.5, 0.6) is 11.5 Å². The van der Waals surface area contributed by atoms with E-state index in [4.69, 9.17) is 26.8 Å². The van der Waals surface area contributed by atoms with E-state index < -0.39 is 28.1 Å². The van der Waals surface area contributed by atoms with Gasteiger partial charge in [0.2, 0.25) is 0 Å². The quantitative estimate of drug-likeness (QED) is 0.407. The molecule has 3 N–H and O–H groups in total. The molecule has 0 aromatic heterocycles. The molecule has 0 saturated heterocycles. The third-order valence-corrected chi connectivity index (χ3v) is 3.27. The second-order valence-corrected chi connectivity index (χ2v) is 5.47. The van der Waals surface area contributed by atoms with Crippen LogP contribution in [-0.2, 0) is 14.9 Å². The van der Waals surface area contributed by atoms with Crippen LogP contribution < -0.4 is 44.8 Å². The van der Waals surface area contributed by atoms with E-state index in [1.165, 1.54) is 7.11 Å². The van der Waals surface area contributed by atoms with Gasteiger partial charge in [-0.3, -0.25) is 4.79 Å². The number of hydrogen-bond acceptors (Lipinski definition) is 7. The zero-order valence-corrected chi connectivity index (χ0v) is 14.8. The van der Waals surface area contributed by atoms with Crippen molar-refractivity contribution in [3.05, 3.63) is 22.7 Å². The molecule has 0 saturated carbocycles. The van der Waals surface area contributed by atoms with Gasteiger partial charge in [0.25, 0.3) is 5.91 Å². The van der Waals surface area contributed by atoms with Crippen molar-refractivity contribution in [2.24, 2.45) is 5.73 Å². The van der Waals surface area contributed by atoms with E-state index in [0.717, 1.165) is 12.1 Å². The smallest absolute Gasteiger partial charge is 0.746 e. The number of aliphatic hydroxyl groups excluding tert-OH is 1. The van der Waals surface area contributed by atoms with Crippen LogP contribution in [0.4, 0.5) is 0 Å². The molecule has 0 heterocycles. The van der Waals surface area contributed by atoms with Crippen molar-refractivity contribution in [3.63, 3.8) is 0 Å². The third-order valence-electron chi connectivity index (χ3n) is 2.17. The van der Waals surface area contributed by atoms with Gasteiger partial charge in [0.1, 0.15) is 10.1 Å². The fourth-order valence-electron chi connectivity index (χ4n) is 1.33. The summed E-state index contributed by atoms with van der Waals surface area (Å²) in [6, 6.07) is 2.07. The molecule has 11 heteroatoms. The van der Waals surface area contributed by atoms with Crippen LogP contribution in [0.2, 0.25) is 5.02 Å². The molecule has 1 unspecified atom stereocenters. The van der Waals surface area contributed by atoms with E-state index >= 15 is 0 Å². The second-order valence-electron chi connectivity index (χ2n) is 3.63. The number of benzene rings is 1. The number of ether oxygens (including phenoxy) is 2. The number of primary amides is 1. The maximum absolute atomic E-state index is 10.8. The zero-order valence-electron chi connectivity index (χ0n) is 11.2.